The molecule has 0 nitrogen and oxygen atoms in total. The maximum Gasteiger partial charge on any atom is -0.0323 e. The SMILES string of the molecule is C=C(CCCCCC)CCCCCCCCCCCCCC. The minimum atomic E-state index is 1.28. The van der Waals surface area contributed by atoms with Crippen molar-refractivity contribution in [1.82, 2.24) is 0 Å². The maximum absolute atomic E-state index is 4.24. The highest BCUT2D eigenvalue weighted by Crippen LogP contribution is 2.17. The highest BCUT2D eigenvalue weighted by atomic mass is 14.0. The summed E-state index contributed by atoms with van der Waals surface area (Å²) in [4.78, 5) is 0. The Morgan fingerprint density at radius 1 is 0.455 bits per heavy atom. The molecule has 0 aliphatic carbocycles. The Labute approximate surface area is 142 Å². The van der Waals surface area contributed by atoms with Gasteiger partial charge in [-0.1, -0.05) is 116 Å². The van der Waals surface area contributed by atoms with Crippen LogP contribution in [0.3, 0.4) is 0 Å². The fraction of sp³-hybridized carbons (Fsp3) is 0.909. The van der Waals surface area contributed by atoms with Crippen molar-refractivity contribution in [3.63, 3.8) is 0 Å². The van der Waals surface area contributed by atoms with Crippen LogP contribution in [0.15, 0.2) is 12.2 Å². The molecule has 0 unspecified atom stereocenters. The summed E-state index contributed by atoms with van der Waals surface area (Å²) < 4.78 is 0. The minimum absolute atomic E-state index is 1.28. The summed E-state index contributed by atoms with van der Waals surface area (Å²) in [5, 5.41) is 0. The Morgan fingerprint density at radius 3 is 1.09 bits per heavy atom. The van der Waals surface area contributed by atoms with E-state index < -0.39 is 0 Å². The van der Waals surface area contributed by atoms with Crippen molar-refractivity contribution in [2.75, 3.05) is 0 Å². The molecule has 0 aliphatic rings. The molecule has 0 amide bonds. The Balaban J connectivity index is 3.08. The number of allylic oxidation sites excluding steroid dienone is 1. The highest BCUT2D eigenvalue weighted by molar-refractivity contribution is 4.93. The number of rotatable bonds is 18. The molecule has 0 aromatic carbocycles. The molecule has 0 bridgehead atoms. The van der Waals surface area contributed by atoms with Gasteiger partial charge in [-0.15, -0.1) is 0 Å². The zero-order chi connectivity index (χ0) is 16.3. The number of hydrogen-bond acceptors (Lipinski definition) is 0. The third-order valence-electron chi connectivity index (χ3n) is 4.77. The normalized spacial score (nSPS) is 11.0. The van der Waals surface area contributed by atoms with E-state index in [1.54, 1.807) is 0 Å². The van der Waals surface area contributed by atoms with E-state index >= 15 is 0 Å². The van der Waals surface area contributed by atoms with Gasteiger partial charge >= 0.3 is 0 Å². The third-order valence-corrected chi connectivity index (χ3v) is 4.77. The number of unbranched alkanes of at least 4 members (excludes halogenated alkanes) is 14. The quantitative estimate of drug-likeness (QED) is 0.176. The van der Waals surface area contributed by atoms with Gasteiger partial charge in [0.25, 0.3) is 0 Å². The van der Waals surface area contributed by atoms with E-state index in [0.29, 0.717) is 0 Å². The molecule has 132 valence electrons. The average Bonchev–Trinajstić information content (AvgIpc) is 2.52. The van der Waals surface area contributed by atoms with Crippen LogP contribution in [0, 0.1) is 0 Å². The molecule has 0 rings (SSSR count). The fourth-order valence-corrected chi connectivity index (χ4v) is 3.14. The molecule has 0 saturated carbocycles. The lowest BCUT2D eigenvalue weighted by molar-refractivity contribution is 0.542. The van der Waals surface area contributed by atoms with Crippen LogP contribution in [0.25, 0.3) is 0 Å². The summed E-state index contributed by atoms with van der Waals surface area (Å²) in [6, 6.07) is 0. The first kappa shape index (κ1) is 21.7. The molecule has 0 aliphatic heterocycles. The first-order chi connectivity index (χ1) is 10.8. The van der Waals surface area contributed by atoms with Crippen molar-refractivity contribution >= 4 is 0 Å². The van der Waals surface area contributed by atoms with Gasteiger partial charge in [0, 0.05) is 0 Å². The molecule has 0 spiro atoms. The van der Waals surface area contributed by atoms with E-state index in [2.05, 4.69) is 20.4 Å². The molecule has 0 fully saturated rings. The van der Waals surface area contributed by atoms with Crippen molar-refractivity contribution in [1.29, 1.82) is 0 Å². The van der Waals surface area contributed by atoms with E-state index in [1.807, 2.05) is 0 Å². The zero-order valence-corrected chi connectivity index (χ0v) is 15.9. The van der Waals surface area contributed by atoms with Crippen LogP contribution in [0.2, 0.25) is 0 Å². The smallest absolute Gasteiger partial charge is 0.0323 e. The van der Waals surface area contributed by atoms with Crippen LogP contribution in [0.5, 0.6) is 0 Å². The summed E-state index contributed by atoms with van der Waals surface area (Å²) >= 11 is 0. The van der Waals surface area contributed by atoms with Gasteiger partial charge in [-0.2, -0.15) is 0 Å². The standard InChI is InChI=1S/C22H44/c1-4-6-8-10-11-12-13-14-15-16-17-19-21-22(3)20-18-9-7-5-2/h3-21H2,1-2H3. The highest BCUT2D eigenvalue weighted by Gasteiger charge is 1.97. The van der Waals surface area contributed by atoms with Gasteiger partial charge in [-0.05, 0) is 25.7 Å². The summed E-state index contributed by atoms with van der Waals surface area (Å²) in [5.41, 5.74) is 1.50. The Hall–Kier alpha value is -0.260. The van der Waals surface area contributed by atoms with E-state index in [9.17, 15) is 0 Å². The number of hydrogen-bond donors (Lipinski definition) is 0. The summed E-state index contributed by atoms with van der Waals surface area (Å²) in [7, 11) is 0. The van der Waals surface area contributed by atoms with Gasteiger partial charge in [0.15, 0.2) is 0 Å². The van der Waals surface area contributed by atoms with Crippen LogP contribution < -0.4 is 0 Å². The van der Waals surface area contributed by atoms with E-state index in [0.717, 1.165) is 0 Å². The first-order valence-electron chi connectivity index (χ1n) is 10.5. The lowest BCUT2D eigenvalue weighted by Crippen LogP contribution is -1.86. The monoisotopic (exact) mass is 308 g/mol. The van der Waals surface area contributed by atoms with Crippen LogP contribution in [0.4, 0.5) is 0 Å². The summed E-state index contributed by atoms with van der Waals surface area (Å²) in [6.07, 6.45) is 25.4. The van der Waals surface area contributed by atoms with Crippen LogP contribution in [-0.2, 0) is 0 Å². The largest absolute Gasteiger partial charge is 0.0999 e. The van der Waals surface area contributed by atoms with Crippen LogP contribution in [0.1, 0.15) is 129 Å². The molecule has 0 heteroatoms. The topological polar surface area (TPSA) is 0 Å². The molecular formula is C22H44. The molecule has 22 heavy (non-hydrogen) atoms. The van der Waals surface area contributed by atoms with Crippen LogP contribution >= 0.6 is 0 Å². The lowest BCUT2D eigenvalue weighted by atomic mass is 10.0. The van der Waals surface area contributed by atoms with Crippen molar-refractivity contribution in [3.8, 4) is 0 Å². The molecule has 0 aromatic rings. The van der Waals surface area contributed by atoms with Crippen molar-refractivity contribution in [2.45, 2.75) is 129 Å². The fourth-order valence-electron chi connectivity index (χ4n) is 3.14. The van der Waals surface area contributed by atoms with Gasteiger partial charge in [-0.25, -0.2) is 0 Å². The zero-order valence-electron chi connectivity index (χ0n) is 15.9. The second kappa shape index (κ2) is 18.8. The molecule has 0 aromatic heterocycles. The van der Waals surface area contributed by atoms with Gasteiger partial charge in [0.2, 0.25) is 0 Å². The molecular weight excluding hydrogens is 264 g/mol. The molecule has 0 N–H and O–H groups in total. The van der Waals surface area contributed by atoms with E-state index in [1.165, 1.54) is 121 Å². The second-order valence-corrected chi connectivity index (χ2v) is 7.20. The van der Waals surface area contributed by atoms with Gasteiger partial charge in [0.1, 0.15) is 0 Å². The molecule has 0 radical (unpaired) electrons. The predicted molar refractivity (Wildman–Crippen MR) is 104 cm³/mol. The van der Waals surface area contributed by atoms with E-state index in [4.69, 9.17) is 0 Å². The average molecular weight is 309 g/mol. The van der Waals surface area contributed by atoms with Gasteiger partial charge in [0.05, 0.1) is 0 Å². The van der Waals surface area contributed by atoms with Gasteiger partial charge < -0.3 is 0 Å². The van der Waals surface area contributed by atoms with E-state index in [-0.39, 0.29) is 0 Å². The maximum atomic E-state index is 4.24. The van der Waals surface area contributed by atoms with Crippen molar-refractivity contribution in [3.05, 3.63) is 12.2 Å². The van der Waals surface area contributed by atoms with Crippen molar-refractivity contribution < 1.29 is 0 Å². The Kier molecular flexibility index (Phi) is 18.6. The van der Waals surface area contributed by atoms with Crippen LogP contribution in [-0.4, -0.2) is 0 Å². The lowest BCUT2D eigenvalue weighted by Gasteiger charge is -2.06. The third kappa shape index (κ3) is 17.8. The molecule has 0 saturated heterocycles. The molecule has 0 atom stereocenters. The van der Waals surface area contributed by atoms with Gasteiger partial charge in [-0.3, -0.25) is 0 Å². The van der Waals surface area contributed by atoms with Crippen molar-refractivity contribution in [2.24, 2.45) is 0 Å². The Morgan fingerprint density at radius 2 is 0.727 bits per heavy atom. The Bertz CT molecular complexity index is 216. The minimum Gasteiger partial charge on any atom is -0.0999 e. The summed E-state index contributed by atoms with van der Waals surface area (Å²) in [5.74, 6) is 0. The summed E-state index contributed by atoms with van der Waals surface area (Å²) in [6.45, 7) is 8.81. The predicted octanol–water partition coefficient (Wildman–Crippen LogP) is 8.60. The second-order valence-electron chi connectivity index (χ2n) is 7.20. The first-order valence-corrected chi connectivity index (χ1v) is 10.5. The molecule has 0 heterocycles.